The lowest BCUT2D eigenvalue weighted by Crippen LogP contribution is -2.32. The first-order valence-electron chi connectivity index (χ1n) is 6.47. The number of ether oxygens (including phenoxy) is 2. The van der Waals surface area contributed by atoms with Gasteiger partial charge in [-0.3, -0.25) is 9.79 Å². The number of hydrogen-bond acceptors (Lipinski definition) is 5. The van der Waals surface area contributed by atoms with Crippen LogP contribution < -0.4 is 0 Å². The maximum Gasteiger partial charge on any atom is 0.331 e. The second-order valence-corrected chi connectivity index (χ2v) is 6.72. The molecule has 0 bridgehead atoms. The molecule has 0 aliphatic carbocycles. The number of esters is 2. The van der Waals surface area contributed by atoms with Crippen LogP contribution in [-0.2, 0) is 19.1 Å². The fourth-order valence-corrected chi connectivity index (χ4v) is 1.63. The molecule has 0 fully saturated rings. The van der Waals surface area contributed by atoms with Crippen LogP contribution in [0.1, 0.15) is 48.0 Å². The Morgan fingerprint density at radius 3 is 1.95 bits per heavy atom. The molecular weight excluding hydrogens is 246 g/mol. The summed E-state index contributed by atoms with van der Waals surface area (Å²) in [7, 11) is 0. The summed E-state index contributed by atoms with van der Waals surface area (Å²) in [5, 5.41) is 0. The highest BCUT2D eigenvalue weighted by molar-refractivity contribution is 5.94. The van der Waals surface area contributed by atoms with Gasteiger partial charge in [0.15, 0.2) is 0 Å². The van der Waals surface area contributed by atoms with Crippen LogP contribution >= 0.6 is 0 Å². The van der Waals surface area contributed by atoms with E-state index in [0.29, 0.717) is 6.42 Å². The molecule has 0 spiro atoms. The van der Waals surface area contributed by atoms with Crippen molar-refractivity contribution in [1.29, 1.82) is 0 Å². The van der Waals surface area contributed by atoms with Crippen molar-refractivity contribution in [2.24, 2.45) is 10.9 Å². The zero-order valence-electron chi connectivity index (χ0n) is 12.5. The highest BCUT2D eigenvalue weighted by Gasteiger charge is 2.35. The molecule has 0 aromatic heterocycles. The summed E-state index contributed by atoms with van der Waals surface area (Å²) in [4.78, 5) is 27.7. The fraction of sp³-hybridized carbons (Fsp3) is 0.786. The predicted octanol–water partition coefficient (Wildman–Crippen LogP) is 2.13. The number of nitrogens with zero attached hydrogens (tertiary/aromatic N) is 1. The van der Waals surface area contributed by atoms with Crippen molar-refractivity contribution in [2.45, 2.75) is 65.2 Å². The Morgan fingerprint density at radius 2 is 1.47 bits per heavy atom. The van der Waals surface area contributed by atoms with Crippen LogP contribution in [0.2, 0.25) is 0 Å². The van der Waals surface area contributed by atoms with E-state index in [-0.39, 0.29) is 5.97 Å². The summed E-state index contributed by atoms with van der Waals surface area (Å²) in [6.45, 7) is 10.8. The minimum Gasteiger partial charge on any atom is -0.459 e. The molecule has 0 N–H and O–H groups in total. The quantitative estimate of drug-likeness (QED) is 0.720. The van der Waals surface area contributed by atoms with Gasteiger partial charge in [0.2, 0.25) is 0 Å². The van der Waals surface area contributed by atoms with Crippen LogP contribution in [0.3, 0.4) is 0 Å². The Labute approximate surface area is 114 Å². The third-order valence-corrected chi connectivity index (χ3v) is 2.31. The van der Waals surface area contributed by atoms with Crippen molar-refractivity contribution in [1.82, 2.24) is 0 Å². The Bertz CT molecular complexity index is 351. The first kappa shape index (κ1) is 15.7. The lowest BCUT2D eigenvalue weighted by Gasteiger charge is -2.22. The van der Waals surface area contributed by atoms with Crippen molar-refractivity contribution >= 4 is 18.2 Å². The van der Waals surface area contributed by atoms with Crippen LogP contribution in [0.25, 0.3) is 0 Å². The van der Waals surface area contributed by atoms with Gasteiger partial charge in [0.25, 0.3) is 0 Å². The molecule has 0 aromatic rings. The largest absolute Gasteiger partial charge is 0.459 e. The van der Waals surface area contributed by atoms with E-state index < -0.39 is 29.1 Å². The van der Waals surface area contributed by atoms with Gasteiger partial charge in [-0.1, -0.05) is 0 Å². The number of hydrogen-bond donors (Lipinski definition) is 0. The van der Waals surface area contributed by atoms with Crippen molar-refractivity contribution in [2.75, 3.05) is 0 Å². The molecule has 0 radical (unpaired) electrons. The van der Waals surface area contributed by atoms with Crippen molar-refractivity contribution in [3.05, 3.63) is 0 Å². The van der Waals surface area contributed by atoms with Gasteiger partial charge in [0.05, 0.1) is 5.92 Å². The van der Waals surface area contributed by atoms with Crippen molar-refractivity contribution < 1.29 is 19.1 Å². The zero-order chi connectivity index (χ0) is 14.8. The van der Waals surface area contributed by atoms with Crippen LogP contribution in [0, 0.1) is 5.92 Å². The predicted molar refractivity (Wildman–Crippen MR) is 72.1 cm³/mol. The van der Waals surface area contributed by atoms with E-state index in [0.717, 1.165) is 0 Å². The normalized spacial score (nSPS) is 23.3. The number of rotatable bonds is 2. The molecule has 1 aliphatic heterocycles. The molecule has 1 aliphatic rings. The zero-order valence-corrected chi connectivity index (χ0v) is 12.5. The second kappa shape index (κ2) is 5.31. The van der Waals surface area contributed by atoms with Crippen LogP contribution in [0.15, 0.2) is 4.99 Å². The molecule has 2 unspecified atom stereocenters. The highest BCUT2D eigenvalue weighted by atomic mass is 16.6. The molecule has 1 heterocycles. The third-order valence-electron chi connectivity index (χ3n) is 2.31. The summed E-state index contributed by atoms with van der Waals surface area (Å²) >= 11 is 0. The van der Waals surface area contributed by atoms with E-state index in [9.17, 15) is 9.59 Å². The minimum absolute atomic E-state index is 0.323. The van der Waals surface area contributed by atoms with E-state index in [4.69, 9.17) is 9.47 Å². The van der Waals surface area contributed by atoms with Crippen LogP contribution in [0.4, 0.5) is 0 Å². The van der Waals surface area contributed by atoms with Gasteiger partial charge in [-0.2, -0.15) is 0 Å². The minimum atomic E-state index is -0.600. The van der Waals surface area contributed by atoms with Crippen molar-refractivity contribution in [3.63, 3.8) is 0 Å². The Hall–Kier alpha value is -1.39. The summed E-state index contributed by atoms with van der Waals surface area (Å²) < 4.78 is 10.5. The summed E-state index contributed by atoms with van der Waals surface area (Å²) in [5.41, 5.74) is -1.08. The van der Waals surface area contributed by atoms with Gasteiger partial charge < -0.3 is 9.47 Å². The van der Waals surface area contributed by atoms with Gasteiger partial charge in [-0.15, -0.1) is 0 Å². The number of carbonyl (C=O) groups excluding carboxylic acids is 2. The SMILES string of the molecule is CC(C)(C)OC(=O)C1C=NC(C(=O)OC(C)(C)C)C1. The van der Waals surface area contributed by atoms with E-state index in [1.165, 1.54) is 6.21 Å². The molecule has 108 valence electrons. The molecule has 0 amide bonds. The summed E-state index contributed by atoms with van der Waals surface area (Å²) in [6, 6.07) is -0.600. The maximum atomic E-state index is 11.8. The van der Waals surface area contributed by atoms with E-state index in [2.05, 4.69) is 4.99 Å². The van der Waals surface area contributed by atoms with Gasteiger partial charge in [0.1, 0.15) is 17.2 Å². The Balaban J connectivity index is 2.53. The summed E-state index contributed by atoms with van der Waals surface area (Å²) in [5.74, 6) is -1.20. The van der Waals surface area contributed by atoms with Crippen molar-refractivity contribution in [3.8, 4) is 0 Å². The van der Waals surface area contributed by atoms with Crippen LogP contribution in [0.5, 0.6) is 0 Å². The monoisotopic (exact) mass is 269 g/mol. The maximum absolute atomic E-state index is 11.8. The lowest BCUT2D eigenvalue weighted by atomic mass is 10.0. The Kier molecular flexibility index (Phi) is 4.38. The molecule has 5 nitrogen and oxygen atoms in total. The van der Waals surface area contributed by atoms with Gasteiger partial charge >= 0.3 is 11.9 Å². The molecule has 0 saturated heterocycles. The molecule has 2 atom stereocenters. The van der Waals surface area contributed by atoms with E-state index in [1.807, 2.05) is 20.8 Å². The average Bonchev–Trinajstić information content (AvgIpc) is 2.60. The molecule has 0 saturated carbocycles. The Morgan fingerprint density at radius 1 is 1.00 bits per heavy atom. The van der Waals surface area contributed by atoms with E-state index >= 15 is 0 Å². The second-order valence-electron chi connectivity index (χ2n) is 6.72. The third kappa shape index (κ3) is 5.41. The standard InChI is InChI=1S/C14H23NO4/c1-13(2,3)18-11(16)9-7-10(15-8-9)12(17)19-14(4,5)6/h8-10H,7H2,1-6H3. The first-order chi connectivity index (χ1) is 8.48. The number of aliphatic imine (C=N–C) groups is 1. The summed E-state index contributed by atoms with van der Waals surface area (Å²) in [6.07, 6.45) is 1.81. The van der Waals surface area contributed by atoms with E-state index in [1.54, 1.807) is 20.8 Å². The van der Waals surface area contributed by atoms with Gasteiger partial charge in [-0.25, -0.2) is 4.79 Å². The fourth-order valence-electron chi connectivity index (χ4n) is 1.63. The lowest BCUT2D eigenvalue weighted by molar-refractivity contribution is -0.158. The van der Waals surface area contributed by atoms with Gasteiger partial charge in [-0.05, 0) is 48.0 Å². The topological polar surface area (TPSA) is 65.0 Å². The molecule has 1 rings (SSSR count). The molecule has 5 heteroatoms. The van der Waals surface area contributed by atoms with Gasteiger partial charge in [0, 0.05) is 6.21 Å². The molecule has 19 heavy (non-hydrogen) atoms. The van der Waals surface area contributed by atoms with Crippen LogP contribution in [-0.4, -0.2) is 35.4 Å². The molecular formula is C14H23NO4. The smallest absolute Gasteiger partial charge is 0.331 e. The number of carbonyl (C=O) groups is 2. The first-order valence-corrected chi connectivity index (χ1v) is 6.47. The molecule has 0 aromatic carbocycles. The highest BCUT2D eigenvalue weighted by Crippen LogP contribution is 2.22. The average molecular weight is 269 g/mol.